The zero-order chi connectivity index (χ0) is 29.4. The van der Waals surface area contributed by atoms with E-state index in [2.05, 4.69) is 5.32 Å². The molecule has 0 saturated carbocycles. The lowest BCUT2D eigenvalue weighted by atomic mass is 9.86. The number of nitrogens with one attached hydrogen (secondary N) is 1. The van der Waals surface area contributed by atoms with Crippen molar-refractivity contribution < 1.29 is 22.7 Å². The first-order valence-electron chi connectivity index (χ1n) is 13.3. The Morgan fingerprint density at radius 2 is 1.85 bits per heavy atom. The third-order valence-electron chi connectivity index (χ3n) is 7.64. The van der Waals surface area contributed by atoms with Crippen LogP contribution >= 0.6 is 11.6 Å². The van der Waals surface area contributed by atoms with Gasteiger partial charge in [0.2, 0.25) is 5.91 Å². The van der Waals surface area contributed by atoms with Crippen molar-refractivity contribution in [2.45, 2.75) is 36.8 Å². The molecule has 1 amide bonds. The molecule has 10 heteroatoms. The van der Waals surface area contributed by atoms with Crippen LogP contribution < -0.4 is 11.1 Å². The standard InChI is InChI=1S/C31H32ClN3O5S/c1-20-14-25(22-10-6-11-23(15-22)41(2,38)39)26(32)16-24(20)28-29(33)31(40-30(28)37)12-7-13-35(19-31)18-27(36)34-17-21-8-4-3-5-9-21/h3-6,8-11,14-16H,7,12-13,17-19,33H2,1-2H3,(H,34,36). The number of esters is 1. The summed E-state index contributed by atoms with van der Waals surface area (Å²) >= 11 is 6.69. The average Bonchev–Trinajstić information content (AvgIpc) is 3.16. The molecule has 0 radical (unpaired) electrons. The van der Waals surface area contributed by atoms with E-state index in [0.29, 0.717) is 59.9 Å². The van der Waals surface area contributed by atoms with Gasteiger partial charge in [0.25, 0.3) is 0 Å². The summed E-state index contributed by atoms with van der Waals surface area (Å²) in [4.78, 5) is 28.1. The number of amides is 1. The summed E-state index contributed by atoms with van der Waals surface area (Å²) in [5.74, 6) is -0.639. The highest BCUT2D eigenvalue weighted by Crippen LogP contribution is 2.43. The van der Waals surface area contributed by atoms with E-state index in [9.17, 15) is 18.0 Å². The number of aryl methyl sites for hydroxylation is 1. The third-order valence-corrected chi connectivity index (χ3v) is 9.07. The van der Waals surface area contributed by atoms with E-state index in [1.165, 1.54) is 6.07 Å². The first-order valence-corrected chi connectivity index (χ1v) is 15.6. The Kier molecular flexibility index (Phi) is 7.96. The van der Waals surface area contributed by atoms with Gasteiger partial charge in [0, 0.05) is 29.9 Å². The van der Waals surface area contributed by atoms with Gasteiger partial charge >= 0.3 is 5.97 Å². The molecule has 1 spiro atoms. The van der Waals surface area contributed by atoms with Crippen molar-refractivity contribution in [1.29, 1.82) is 0 Å². The number of nitrogens with zero attached hydrogens (tertiary/aromatic N) is 1. The fraction of sp³-hybridized carbons (Fsp3) is 0.290. The summed E-state index contributed by atoms with van der Waals surface area (Å²) in [7, 11) is -3.39. The lowest BCUT2D eigenvalue weighted by Crippen LogP contribution is -2.53. The number of rotatable bonds is 7. The molecule has 41 heavy (non-hydrogen) atoms. The second-order valence-corrected chi connectivity index (χ2v) is 13.1. The number of halogens is 1. The van der Waals surface area contributed by atoms with E-state index >= 15 is 0 Å². The number of piperidine rings is 1. The Hall–Kier alpha value is -3.66. The normalized spacial score (nSPS) is 19.4. The van der Waals surface area contributed by atoms with E-state index in [1.807, 2.05) is 48.2 Å². The van der Waals surface area contributed by atoms with Crippen molar-refractivity contribution in [3.8, 4) is 11.1 Å². The van der Waals surface area contributed by atoms with Gasteiger partial charge in [0.1, 0.15) is 0 Å². The van der Waals surface area contributed by atoms with Crippen LogP contribution in [-0.4, -0.2) is 56.7 Å². The summed E-state index contributed by atoms with van der Waals surface area (Å²) < 4.78 is 30.1. The zero-order valence-corrected chi connectivity index (χ0v) is 24.5. The van der Waals surface area contributed by atoms with Gasteiger partial charge in [0.05, 0.1) is 22.7 Å². The van der Waals surface area contributed by atoms with Crippen LogP contribution in [0.5, 0.6) is 0 Å². The maximum atomic E-state index is 13.3. The van der Waals surface area contributed by atoms with Crippen LogP contribution in [0.2, 0.25) is 5.02 Å². The average molecular weight is 594 g/mol. The molecule has 2 aliphatic rings. The first-order chi connectivity index (χ1) is 19.5. The van der Waals surface area contributed by atoms with Gasteiger partial charge in [-0.3, -0.25) is 9.69 Å². The summed E-state index contributed by atoms with van der Waals surface area (Å²) in [6, 6.07) is 19.8. The van der Waals surface area contributed by atoms with Crippen LogP contribution in [0.3, 0.4) is 0 Å². The van der Waals surface area contributed by atoms with Gasteiger partial charge in [-0.25, -0.2) is 13.2 Å². The molecule has 1 fully saturated rings. The number of ether oxygens (including phenoxy) is 1. The lowest BCUT2D eigenvalue weighted by molar-refractivity contribution is -0.149. The van der Waals surface area contributed by atoms with Gasteiger partial charge in [-0.05, 0) is 72.8 Å². The van der Waals surface area contributed by atoms with Crippen molar-refractivity contribution in [1.82, 2.24) is 10.2 Å². The maximum Gasteiger partial charge on any atom is 0.341 e. The topological polar surface area (TPSA) is 119 Å². The molecule has 1 saturated heterocycles. The van der Waals surface area contributed by atoms with Crippen molar-refractivity contribution in [2.24, 2.45) is 5.73 Å². The number of hydrogen-bond donors (Lipinski definition) is 2. The van der Waals surface area contributed by atoms with Crippen molar-refractivity contribution in [2.75, 3.05) is 25.9 Å². The van der Waals surface area contributed by atoms with Crippen LogP contribution in [0.15, 0.2) is 77.3 Å². The Bertz CT molecular complexity index is 1660. The highest BCUT2D eigenvalue weighted by atomic mass is 35.5. The van der Waals surface area contributed by atoms with Crippen molar-refractivity contribution in [3.63, 3.8) is 0 Å². The van der Waals surface area contributed by atoms with Crippen LogP contribution in [-0.2, 0) is 30.7 Å². The molecule has 1 unspecified atom stereocenters. The van der Waals surface area contributed by atoms with E-state index in [-0.39, 0.29) is 22.9 Å². The largest absolute Gasteiger partial charge is 0.448 e. The highest BCUT2D eigenvalue weighted by molar-refractivity contribution is 7.90. The number of carbonyl (C=O) groups excluding carboxylic acids is 2. The number of carbonyl (C=O) groups is 2. The fourth-order valence-corrected chi connectivity index (χ4v) is 6.48. The SMILES string of the molecule is Cc1cc(-c2cccc(S(C)(=O)=O)c2)c(Cl)cc1C1=C(N)C2(CCCN(CC(=O)NCc3ccccc3)C2)OC1=O. The smallest absolute Gasteiger partial charge is 0.341 e. The van der Waals surface area contributed by atoms with E-state index in [0.717, 1.165) is 17.4 Å². The summed E-state index contributed by atoms with van der Waals surface area (Å²) in [5.41, 5.74) is 9.87. The number of hydrogen-bond acceptors (Lipinski definition) is 7. The van der Waals surface area contributed by atoms with Gasteiger partial charge in [-0.1, -0.05) is 54.1 Å². The second-order valence-electron chi connectivity index (χ2n) is 10.7. The lowest BCUT2D eigenvalue weighted by Gasteiger charge is -2.39. The molecule has 214 valence electrons. The minimum atomic E-state index is -3.39. The van der Waals surface area contributed by atoms with E-state index < -0.39 is 21.4 Å². The Morgan fingerprint density at radius 3 is 2.59 bits per heavy atom. The molecule has 0 aliphatic carbocycles. The van der Waals surface area contributed by atoms with Gasteiger partial charge < -0.3 is 15.8 Å². The Labute approximate surface area is 245 Å². The third kappa shape index (κ3) is 6.02. The Balaban J connectivity index is 1.37. The second kappa shape index (κ2) is 11.3. The molecule has 0 aromatic heterocycles. The van der Waals surface area contributed by atoms with Crippen LogP contribution in [0.1, 0.15) is 29.5 Å². The monoisotopic (exact) mass is 593 g/mol. The number of benzene rings is 3. The molecule has 3 N–H and O–H groups in total. The van der Waals surface area contributed by atoms with Gasteiger partial charge in [-0.15, -0.1) is 0 Å². The maximum absolute atomic E-state index is 13.3. The highest BCUT2D eigenvalue weighted by Gasteiger charge is 2.49. The minimum absolute atomic E-state index is 0.115. The number of likely N-dealkylation sites (tertiary alicyclic amines) is 1. The van der Waals surface area contributed by atoms with Crippen LogP contribution in [0.4, 0.5) is 0 Å². The number of nitrogens with two attached hydrogens (primary N) is 1. The Morgan fingerprint density at radius 1 is 1.10 bits per heavy atom. The first kappa shape index (κ1) is 28.9. The quantitative estimate of drug-likeness (QED) is 0.396. The van der Waals surface area contributed by atoms with Crippen LogP contribution in [0, 0.1) is 6.92 Å². The van der Waals surface area contributed by atoms with E-state index in [1.54, 1.807) is 24.3 Å². The van der Waals surface area contributed by atoms with Crippen molar-refractivity contribution in [3.05, 3.63) is 94.1 Å². The van der Waals surface area contributed by atoms with Gasteiger partial charge in [0.15, 0.2) is 15.4 Å². The molecular formula is C31H32ClN3O5S. The number of sulfone groups is 1. The molecule has 0 bridgehead atoms. The van der Waals surface area contributed by atoms with Crippen molar-refractivity contribution >= 4 is 38.9 Å². The van der Waals surface area contributed by atoms with Gasteiger partial charge in [-0.2, -0.15) is 0 Å². The molecule has 5 rings (SSSR count). The molecule has 8 nitrogen and oxygen atoms in total. The fourth-order valence-electron chi connectivity index (χ4n) is 5.54. The predicted octanol–water partition coefficient (Wildman–Crippen LogP) is 4.10. The zero-order valence-electron chi connectivity index (χ0n) is 22.9. The molecular weight excluding hydrogens is 562 g/mol. The predicted molar refractivity (Wildman–Crippen MR) is 159 cm³/mol. The molecule has 3 aromatic rings. The summed E-state index contributed by atoms with van der Waals surface area (Å²) in [5, 5.41) is 3.30. The minimum Gasteiger partial charge on any atom is -0.448 e. The molecule has 1 atom stereocenters. The summed E-state index contributed by atoms with van der Waals surface area (Å²) in [6.07, 6.45) is 2.42. The molecule has 2 aliphatic heterocycles. The van der Waals surface area contributed by atoms with E-state index in [4.69, 9.17) is 22.1 Å². The molecule has 3 aromatic carbocycles. The molecule has 2 heterocycles. The summed E-state index contributed by atoms with van der Waals surface area (Å²) in [6.45, 7) is 3.45. The van der Waals surface area contributed by atoms with Crippen LogP contribution in [0.25, 0.3) is 16.7 Å².